The van der Waals surface area contributed by atoms with Crippen molar-refractivity contribution in [2.24, 2.45) is 0 Å². The second-order valence-corrected chi connectivity index (χ2v) is 3.84. The van der Waals surface area contributed by atoms with Gasteiger partial charge in [0.15, 0.2) is 0 Å². The molecular formula is C14H21NO2. The largest absolute Gasteiger partial charge is 0.486 e. The zero-order valence-corrected chi connectivity index (χ0v) is 10.6. The van der Waals surface area contributed by atoms with E-state index in [1.54, 1.807) is 13.2 Å². The van der Waals surface area contributed by atoms with Crippen LogP contribution in [0, 0.1) is 0 Å². The second kappa shape index (κ2) is 7.87. The molecule has 94 valence electrons. The monoisotopic (exact) mass is 235 g/mol. The van der Waals surface area contributed by atoms with E-state index in [1.165, 1.54) is 0 Å². The Hall–Kier alpha value is -1.32. The highest BCUT2D eigenvalue weighted by atomic mass is 16.5. The van der Waals surface area contributed by atoms with E-state index in [9.17, 15) is 0 Å². The molecule has 1 N–H and O–H groups in total. The highest BCUT2D eigenvalue weighted by molar-refractivity contribution is 5.33. The van der Waals surface area contributed by atoms with Gasteiger partial charge in [-0.2, -0.15) is 0 Å². The Kier molecular flexibility index (Phi) is 6.37. The SMILES string of the molecule is C=CC(C)Oc1ccccc1CNCCOC. The fourth-order valence-electron chi connectivity index (χ4n) is 1.41. The van der Waals surface area contributed by atoms with E-state index in [-0.39, 0.29) is 6.10 Å². The molecule has 3 heteroatoms. The summed E-state index contributed by atoms with van der Waals surface area (Å²) in [5, 5.41) is 3.30. The van der Waals surface area contributed by atoms with E-state index in [0.29, 0.717) is 6.61 Å². The molecule has 0 spiro atoms. The number of hydrogen-bond donors (Lipinski definition) is 1. The molecular weight excluding hydrogens is 214 g/mol. The lowest BCUT2D eigenvalue weighted by Gasteiger charge is -2.15. The Labute approximate surface area is 103 Å². The number of nitrogens with one attached hydrogen (secondary N) is 1. The van der Waals surface area contributed by atoms with Crippen molar-refractivity contribution < 1.29 is 9.47 Å². The van der Waals surface area contributed by atoms with Gasteiger partial charge in [-0.3, -0.25) is 0 Å². The third-order valence-electron chi connectivity index (χ3n) is 2.42. The lowest BCUT2D eigenvalue weighted by Crippen LogP contribution is -2.19. The van der Waals surface area contributed by atoms with Crippen LogP contribution in [0.5, 0.6) is 5.75 Å². The average molecular weight is 235 g/mol. The quantitative estimate of drug-likeness (QED) is 0.554. The standard InChI is InChI=1S/C14H21NO2/c1-4-12(2)17-14-8-6-5-7-13(14)11-15-9-10-16-3/h4-8,12,15H,1,9-11H2,2-3H3. The Balaban J connectivity index is 2.54. The van der Waals surface area contributed by atoms with Crippen molar-refractivity contribution in [1.29, 1.82) is 0 Å². The Morgan fingerprint density at radius 2 is 2.18 bits per heavy atom. The molecule has 1 rings (SSSR count). The summed E-state index contributed by atoms with van der Waals surface area (Å²) in [4.78, 5) is 0. The van der Waals surface area contributed by atoms with Crippen molar-refractivity contribution in [2.75, 3.05) is 20.3 Å². The summed E-state index contributed by atoms with van der Waals surface area (Å²) in [6.07, 6.45) is 1.81. The first-order valence-corrected chi connectivity index (χ1v) is 5.84. The van der Waals surface area contributed by atoms with Gasteiger partial charge in [-0.05, 0) is 13.0 Å². The molecule has 0 aromatic heterocycles. The number of methoxy groups -OCH3 is 1. The van der Waals surface area contributed by atoms with E-state index in [0.717, 1.165) is 24.4 Å². The van der Waals surface area contributed by atoms with Crippen LogP contribution in [0.2, 0.25) is 0 Å². The smallest absolute Gasteiger partial charge is 0.124 e. The number of rotatable bonds is 8. The van der Waals surface area contributed by atoms with Crippen LogP contribution < -0.4 is 10.1 Å². The van der Waals surface area contributed by atoms with Gasteiger partial charge in [-0.15, -0.1) is 0 Å². The fourth-order valence-corrected chi connectivity index (χ4v) is 1.41. The summed E-state index contributed by atoms with van der Waals surface area (Å²) in [7, 11) is 1.70. The summed E-state index contributed by atoms with van der Waals surface area (Å²) >= 11 is 0. The normalized spacial score (nSPS) is 12.1. The molecule has 0 aliphatic rings. The first-order chi connectivity index (χ1) is 8.27. The lowest BCUT2D eigenvalue weighted by atomic mass is 10.2. The molecule has 1 unspecified atom stereocenters. The van der Waals surface area contributed by atoms with Crippen LogP contribution in [0.25, 0.3) is 0 Å². The van der Waals surface area contributed by atoms with E-state index >= 15 is 0 Å². The molecule has 0 amide bonds. The second-order valence-electron chi connectivity index (χ2n) is 3.84. The Morgan fingerprint density at radius 1 is 1.41 bits per heavy atom. The minimum absolute atomic E-state index is 0.0233. The highest BCUT2D eigenvalue weighted by Gasteiger charge is 2.04. The molecule has 17 heavy (non-hydrogen) atoms. The number of hydrogen-bond acceptors (Lipinski definition) is 3. The molecule has 0 radical (unpaired) electrons. The highest BCUT2D eigenvalue weighted by Crippen LogP contribution is 2.19. The van der Waals surface area contributed by atoms with Crippen molar-refractivity contribution >= 4 is 0 Å². The van der Waals surface area contributed by atoms with Gasteiger partial charge in [0.2, 0.25) is 0 Å². The number of para-hydroxylation sites is 1. The number of benzene rings is 1. The van der Waals surface area contributed by atoms with Gasteiger partial charge in [-0.1, -0.05) is 30.9 Å². The maximum absolute atomic E-state index is 5.76. The van der Waals surface area contributed by atoms with Crippen LogP contribution in [-0.4, -0.2) is 26.4 Å². The maximum Gasteiger partial charge on any atom is 0.124 e. The predicted molar refractivity (Wildman–Crippen MR) is 70.3 cm³/mol. The number of ether oxygens (including phenoxy) is 2. The van der Waals surface area contributed by atoms with E-state index < -0.39 is 0 Å². The predicted octanol–water partition coefficient (Wildman–Crippen LogP) is 2.38. The molecule has 0 saturated carbocycles. The van der Waals surface area contributed by atoms with Crippen molar-refractivity contribution in [2.45, 2.75) is 19.6 Å². The third-order valence-corrected chi connectivity index (χ3v) is 2.42. The maximum atomic E-state index is 5.76. The van der Waals surface area contributed by atoms with Gasteiger partial charge in [0, 0.05) is 25.8 Å². The van der Waals surface area contributed by atoms with Crippen molar-refractivity contribution in [3.63, 3.8) is 0 Å². The molecule has 0 saturated heterocycles. The van der Waals surface area contributed by atoms with E-state index in [4.69, 9.17) is 9.47 Å². The summed E-state index contributed by atoms with van der Waals surface area (Å²) < 4.78 is 10.7. The zero-order valence-electron chi connectivity index (χ0n) is 10.6. The minimum atomic E-state index is 0.0233. The Bertz CT molecular complexity index is 339. The van der Waals surface area contributed by atoms with Crippen LogP contribution in [0.1, 0.15) is 12.5 Å². The van der Waals surface area contributed by atoms with Crippen molar-refractivity contribution in [3.8, 4) is 5.75 Å². The summed E-state index contributed by atoms with van der Waals surface area (Å²) in [6.45, 7) is 8.02. The lowest BCUT2D eigenvalue weighted by molar-refractivity contribution is 0.199. The van der Waals surface area contributed by atoms with Gasteiger partial charge in [0.1, 0.15) is 11.9 Å². The van der Waals surface area contributed by atoms with Gasteiger partial charge < -0.3 is 14.8 Å². The molecule has 3 nitrogen and oxygen atoms in total. The molecule has 0 bridgehead atoms. The molecule has 0 aliphatic carbocycles. The topological polar surface area (TPSA) is 30.5 Å². The third kappa shape index (κ3) is 5.02. The van der Waals surface area contributed by atoms with Crippen LogP contribution in [0.4, 0.5) is 0 Å². The van der Waals surface area contributed by atoms with E-state index in [1.807, 2.05) is 25.1 Å². The van der Waals surface area contributed by atoms with E-state index in [2.05, 4.69) is 18.0 Å². The van der Waals surface area contributed by atoms with Crippen LogP contribution in [0.15, 0.2) is 36.9 Å². The first kappa shape index (κ1) is 13.7. The van der Waals surface area contributed by atoms with Gasteiger partial charge >= 0.3 is 0 Å². The zero-order chi connectivity index (χ0) is 12.5. The molecule has 0 fully saturated rings. The summed E-state index contributed by atoms with van der Waals surface area (Å²) in [5.74, 6) is 0.907. The van der Waals surface area contributed by atoms with Crippen molar-refractivity contribution in [3.05, 3.63) is 42.5 Å². The van der Waals surface area contributed by atoms with Gasteiger partial charge in [0.05, 0.1) is 6.61 Å². The van der Waals surface area contributed by atoms with Gasteiger partial charge in [0.25, 0.3) is 0 Å². The minimum Gasteiger partial charge on any atom is -0.486 e. The fraction of sp³-hybridized carbons (Fsp3) is 0.429. The van der Waals surface area contributed by atoms with Crippen LogP contribution >= 0.6 is 0 Å². The average Bonchev–Trinajstić information content (AvgIpc) is 2.36. The van der Waals surface area contributed by atoms with Crippen LogP contribution in [-0.2, 0) is 11.3 Å². The molecule has 1 aromatic rings. The molecule has 0 aliphatic heterocycles. The van der Waals surface area contributed by atoms with Crippen molar-refractivity contribution in [1.82, 2.24) is 5.32 Å². The first-order valence-electron chi connectivity index (χ1n) is 5.84. The molecule has 1 aromatic carbocycles. The van der Waals surface area contributed by atoms with Crippen LogP contribution in [0.3, 0.4) is 0 Å². The summed E-state index contributed by atoms with van der Waals surface area (Å²) in [6, 6.07) is 8.03. The molecule has 1 atom stereocenters. The van der Waals surface area contributed by atoms with Gasteiger partial charge in [-0.25, -0.2) is 0 Å². The Morgan fingerprint density at radius 3 is 2.88 bits per heavy atom. The molecule has 0 heterocycles. The summed E-state index contributed by atoms with van der Waals surface area (Å²) in [5.41, 5.74) is 1.15.